The summed E-state index contributed by atoms with van der Waals surface area (Å²) in [6, 6.07) is 7.53. The number of hydrogen-bond acceptors (Lipinski definition) is 5. The first-order valence-corrected chi connectivity index (χ1v) is 5.53. The van der Waals surface area contributed by atoms with Crippen LogP contribution in [0.5, 0.6) is 5.88 Å². The third-order valence-corrected chi connectivity index (χ3v) is 2.59. The van der Waals surface area contributed by atoms with Crippen molar-refractivity contribution in [3.05, 3.63) is 35.6 Å². The maximum absolute atomic E-state index is 11.3. The number of aromatic hydroxyl groups is 1. The van der Waals surface area contributed by atoms with Crippen LogP contribution in [-0.4, -0.2) is 23.2 Å². The van der Waals surface area contributed by atoms with Crippen molar-refractivity contribution in [3.63, 3.8) is 0 Å². The lowest BCUT2D eigenvalue weighted by Gasteiger charge is -1.98. The summed E-state index contributed by atoms with van der Waals surface area (Å²) in [5.74, 6) is -1.31. The highest BCUT2D eigenvalue weighted by atomic mass is 16.5. The zero-order valence-corrected chi connectivity index (χ0v) is 10.1. The predicted octanol–water partition coefficient (Wildman–Crippen LogP) is 2.40. The third-order valence-electron chi connectivity index (χ3n) is 2.59. The van der Waals surface area contributed by atoms with Crippen LogP contribution in [0.4, 0.5) is 0 Å². The molecule has 2 aromatic rings. The molecule has 0 spiro atoms. The van der Waals surface area contributed by atoms with Gasteiger partial charge < -0.3 is 14.3 Å². The van der Waals surface area contributed by atoms with E-state index in [2.05, 4.69) is 16.6 Å². The standard InChI is InChI=1S/C13H13NO4/c1-3-8-4-6-9(7-5-8)12-14-11(15)10(18-12)13(16)17-2/h4-7,15H,3H2,1-2H3. The van der Waals surface area contributed by atoms with Crippen LogP contribution in [0.1, 0.15) is 23.0 Å². The second kappa shape index (κ2) is 4.91. The second-order valence-corrected chi connectivity index (χ2v) is 3.71. The summed E-state index contributed by atoms with van der Waals surface area (Å²) in [5, 5.41) is 9.49. The molecule has 0 saturated heterocycles. The van der Waals surface area contributed by atoms with Crippen molar-refractivity contribution in [2.75, 3.05) is 7.11 Å². The van der Waals surface area contributed by atoms with Crippen molar-refractivity contribution in [1.29, 1.82) is 0 Å². The Morgan fingerprint density at radius 2 is 2.06 bits per heavy atom. The molecule has 0 amide bonds. The van der Waals surface area contributed by atoms with E-state index in [9.17, 15) is 9.90 Å². The number of carbonyl (C=O) groups excluding carboxylic acids is 1. The molecule has 0 aliphatic heterocycles. The zero-order chi connectivity index (χ0) is 13.1. The van der Waals surface area contributed by atoms with Crippen LogP contribution >= 0.6 is 0 Å². The van der Waals surface area contributed by atoms with Gasteiger partial charge in [-0.3, -0.25) is 0 Å². The number of ether oxygens (including phenoxy) is 1. The Balaban J connectivity index is 2.36. The average Bonchev–Trinajstić information content (AvgIpc) is 2.80. The minimum absolute atomic E-state index is 0.190. The number of aryl methyl sites for hydroxylation is 1. The fourth-order valence-corrected chi connectivity index (χ4v) is 1.54. The smallest absolute Gasteiger partial charge is 0.379 e. The molecule has 2 rings (SSSR count). The molecule has 18 heavy (non-hydrogen) atoms. The minimum Gasteiger partial charge on any atom is -0.490 e. The molecule has 1 aromatic heterocycles. The highest BCUT2D eigenvalue weighted by molar-refractivity contribution is 5.89. The Hall–Kier alpha value is -2.30. The fraction of sp³-hybridized carbons (Fsp3) is 0.231. The molecule has 0 aliphatic rings. The summed E-state index contributed by atoms with van der Waals surface area (Å²) in [6.45, 7) is 2.06. The number of rotatable bonds is 3. The molecule has 1 heterocycles. The summed E-state index contributed by atoms with van der Waals surface area (Å²) in [5.41, 5.74) is 1.88. The molecule has 1 N–H and O–H groups in total. The Bertz CT molecular complexity index is 557. The van der Waals surface area contributed by atoms with Crippen LogP contribution in [0.2, 0.25) is 0 Å². The van der Waals surface area contributed by atoms with Crippen LogP contribution in [0.25, 0.3) is 11.5 Å². The summed E-state index contributed by atoms with van der Waals surface area (Å²) in [6.07, 6.45) is 0.935. The molecule has 5 nitrogen and oxygen atoms in total. The van der Waals surface area contributed by atoms with E-state index in [0.29, 0.717) is 5.56 Å². The van der Waals surface area contributed by atoms with E-state index in [1.807, 2.05) is 24.3 Å². The van der Waals surface area contributed by atoms with E-state index in [-0.39, 0.29) is 11.7 Å². The summed E-state index contributed by atoms with van der Waals surface area (Å²) >= 11 is 0. The molecule has 0 fully saturated rings. The van der Waals surface area contributed by atoms with Gasteiger partial charge in [0.25, 0.3) is 11.6 Å². The van der Waals surface area contributed by atoms with E-state index in [1.165, 1.54) is 12.7 Å². The minimum atomic E-state index is -0.753. The maximum Gasteiger partial charge on any atom is 0.379 e. The first kappa shape index (κ1) is 12.2. The van der Waals surface area contributed by atoms with Gasteiger partial charge in [-0.1, -0.05) is 19.1 Å². The lowest BCUT2D eigenvalue weighted by molar-refractivity contribution is 0.0561. The van der Waals surface area contributed by atoms with E-state index in [1.54, 1.807) is 0 Å². The van der Waals surface area contributed by atoms with Crippen LogP contribution < -0.4 is 0 Å². The van der Waals surface area contributed by atoms with E-state index in [0.717, 1.165) is 6.42 Å². The number of aromatic nitrogens is 1. The van der Waals surface area contributed by atoms with E-state index < -0.39 is 11.8 Å². The van der Waals surface area contributed by atoms with Crippen molar-refractivity contribution in [3.8, 4) is 17.3 Å². The summed E-state index contributed by atoms with van der Waals surface area (Å²) in [7, 11) is 1.21. The van der Waals surface area contributed by atoms with Crippen molar-refractivity contribution < 1.29 is 19.1 Å². The largest absolute Gasteiger partial charge is 0.490 e. The number of hydrogen-bond donors (Lipinski definition) is 1. The molecule has 5 heteroatoms. The number of benzene rings is 1. The van der Waals surface area contributed by atoms with Crippen LogP contribution in [0.15, 0.2) is 28.7 Å². The molecule has 0 aliphatic carbocycles. The molecule has 0 unspecified atom stereocenters. The number of nitrogens with zero attached hydrogens (tertiary/aromatic N) is 1. The number of methoxy groups -OCH3 is 1. The van der Waals surface area contributed by atoms with Crippen molar-refractivity contribution in [1.82, 2.24) is 4.98 Å². The Morgan fingerprint density at radius 1 is 1.39 bits per heavy atom. The average molecular weight is 247 g/mol. The quantitative estimate of drug-likeness (QED) is 0.843. The van der Waals surface area contributed by atoms with Gasteiger partial charge in [-0.2, -0.15) is 4.98 Å². The molecule has 0 atom stereocenters. The van der Waals surface area contributed by atoms with Gasteiger partial charge in [-0.05, 0) is 24.1 Å². The summed E-state index contributed by atoms with van der Waals surface area (Å²) in [4.78, 5) is 15.1. The van der Waals surface area contributed by atoms with Gasteiger partial charge >= 0.3 is 5.97 Å². The van der Waals surface area contributed by atoms with Crippen LogP contribution in [0.3, 0.4) is 0 Å². The topological polar surface area (TPSA) is 72.6 Å². The van der Waals surface area contributed by atoms with Crippen LogP contribution in [-0.2, 0) is 11.2 Å². The normalized spacial score (nSPS) is 10.3. The molecular formula is C13H13NO4. The predicted molar refractivity (Wildman–Crippen MR) is 64.3 cm³/mol. The number of carbonyl (C=O) groups is 1. The Labute approximate surface area is 104 Å². The zero-order valence-electron chi connectivity index (χ0n) is 10.1. The van der Waals surface area contributed by atoms with Crippen molar-refractivity contribution in [2.45, 2.75) is 13.3 Å². The molecule has 0 radical (unpaired) electrons. The maximum atomic E-state index is 11.3. The fourth-order valence-electron chi connectivity index (χ4n) is 1.54. The highest BCUT2D eigenvalue weighted by Gasteiger charge is 2.21. The first-order valence-electron chi connectivity index (χ1n) is 5.53. The number of esters is 1. The third kappa shape index (κ3) is 2.20. The van der Waals surface area contributed by atoms with Gasteiger partial charge in [-0.15, -0.1) is 0 Å². The lowest BCUT2D eigenvalue weighted by atomic mass is 10.1. The Kier molecular flexibility index (Phi) is 3.32. The first-order chi connectivity index (χ1) is 8.65. The lowest BCUT2D eigenvalue weighted by Crippen LogP contribution is -1.99. The van der Waals surface area contributed by atoms with Crippen LogP contribution in [0, 0.1) is 0 Å². The van der Waals surface area contributed by atoms with Gasteiger partial charge in [-0.25, -0.2) is 4.79 Å². The van der Waals surface area contributed by atoms with Gasteiger partial charge in [0.15, 0.2) is 0 Å². The number of oxazole rings is 1. The molecule has 0 saturated carbocycles. The molecule has 0 bridgehead atoms. The van der Waals surface area contributed by atoms with Gasteiger partial charge in [0, 0.05) is 5.56 Å². The SMILES string of the molecule is CCc1ccc(-c2nc(O)c(C(=O)OC)o2)cc1. The Morgan fingerprint density at radius 3 is 2.61 bits per heavy atom. The highest BCUT2D eigenvalue weighted by Crippen LogP contribution is 2.26. The van der Waals surface area contributed by atoms with Gasteiger partial charge in [0.1, 0.15) is 0 Å². The monoisotopic (exact) mass is 247 g/mol. The van der Waals surface area contributed by atoms with Gasteiger partial charge in [0.2, 0.25) is 5.89 Å². The molecule has 1 aromatic carbocycles. The second-order valence-electron chi connectivity index (χ2n) is 3.71. The van der Waals surface area contributed by atoms with E-state index >= 15 is 0 Å². The molecular weight excluding hydrogens is 234 g/mol. The van der Waals surface area contributed by atoms with Gasteiger partial charge in [0.05, 0.1) is 7.11 Å². The summed E-state index contributed by atoms with van der Waals surface area (Å²) < 4.78 is 9.66. The molecule has 94 valence electrons. The van der Waals surface area contributed by atoms with Crippen molar-refractivity contribution in [2.24, 2.45) is 0 Å². The van der Waals surface area contributed by atoms with E-state index in [4.69, 9.17) is 4.42 Å². The van der Waals surface area contributed by atoms with Crippen molar-refractivity contribution >= 4 is 5.97 Å².